The Balaban J connectivity index is 2.54. The Morgan fingerprint density at radius 2 is 2.15 bits per heavy atom. The van der Waals surface area contributed by atoms with Crippen molar-refractivity contribution in [3.05, 3.63) is 24.3 Å². The van der Waals surface area contributed by atoms with Crippen molar-refractivity contribution >= 4 is 23.1 Å². The number of thiocarbonyl (C=S) groups is 1. The third-order valence-electron chi connectivity index (χ3n) is 1.25. The molecule has 68 valence electrons. The van der Waals surface area contributed by atoms with E-state index in [9.17, 15) is 4.79 Å². The van der Waals surface area contributed by atoms with Gasteiger partial charge in [-0.1, -0.05) is 12.2 Å². The maximum absolute atomic E-state index is 11.2. The standard InChI is InChI=1S/C7H8N4OS/c8-6(13)3-11-7(12)5-1-9-4-10-2-5/h1-2,4H,3H2,(H2,8,13)(H,11,12). The molecular weight excluding hydrogens is 188 g/mol. The average Bonchev–Trinajstić information content (AvgIpc) is 2.15. The van der Waals surface area contributed by atoms with Crippen LogP contribution >= 0.6 is 12.2 Å². The van der Waals surface area contributed by atoms with E-state index in [0.717, 1.165) is 0 Å². The van der Waals surface area contributed by atoms with Crippen molar-refractivity contribution in [3.8, 4) is 0 Å². The van der Waals surface area contributed by atoms with Gasteiger partial charge in [0.25, 0.3) is 5.91 Å². The van der Waals surface area contributed by atoms with Gasteiger partial charge in [0.05, 0.1) is 17.1 Å². The van der Waals surface area contributed by atoms with Crippen LogP contribution in [0, 0.1) is 0 Å². The third-order valence-corrected chi connectivity index (χ3v) is 1.39. The summed E-state index contributed by atoms with van der Waals surface area (Å²) in [5, 5.41) is 2.51. The highest BCUT2D eigenvalue weighted by Crippen LogP contribution is 1.91. The van der Waals surface area contributed by atoms with Crippen LogP contribution in [0.3, 0.4) is 0 Å². The lowest BCUT2D eigenvalue weighted by atomic mass is 10.3. The summed E-state index contributed by atoms with van der Waals surface area (Å²) in [7, 11) is 0. The summed E-state index contributed by atoms with van der Waals surface area (Å²) in [6.07, 6.45) is 4.19. The minimum atomic E-state index is -0.284. The number of nitrogens with one attached hydrogen (secondary N) is 1. The van der Waals surface area contributed by atoms with Crippen LogP contribution in [-0.2, 0) is 0 Å². The van der Waals surface area contributed by atoms with Gasteiger partial charge >= 0.3 is 0 Å². The fraction of sp³-hybridized carbons (Fsp3) is 0.143. The highest BCUT2D eigenvalue weighted by Gasteiger charge is 2.04. The van der Waals surface area contributed by atoms with Crippen LogP contribution in [0.15, 0.2) is 18.7 Å². The lowest BCUT2D eigenvalue weighted by Gasteiger charge is -2.01. The average molecular weight is 196 g/mol. The maximum atomic E-state index is 11.2. The fourth-order valence-corrected chi connectivity index (χ4v) is 0.758. The quantitative estimate of drug-likeness (QED) is 0.636. The minimum Gasteiger partial charge on any atom is -0.392 e. The molecule has 0 aliphatic carbocycles. The van der Waals surface area contributed by atoms with E-state index < -0.39 is 0 Å². The highest BCUT2D eigenvalue weighted by molar-refractivity contribution is 7.80. The zero-order chi connectivity index (χ0) is 9.68. The molecule has 6 heteroatoms. The zero-order valence-electron chi connectivity index (χ0n) is 6.73. The van der Waals surface area contributed by atoms with E-state index in [4.69, 9.17) is 5.73 Å². The van der Waals surface area contributed by atoms with Crippen LogP contribution in [0.1, 0.15) is 10.4 Å². The predicted molar refractivity (Wildman–Crippen MR) is 51.2 cm³/mol. The zero-order valence-corrected chi connectivity index (χ0v) is 7.54. The molecule has 0 bridgehead atoms. The normalized spacial score (nSPS) is 9.23. The number of hydrogen-bond donors (Lipinski definition) is 2. The number of rotatable bonds is 3. The van der Waals surface area contributed by atoms with Gasteiger partial charge in [-0.05, 0) is 0 Å². The number of carbonyl (C=O) groups excluding carboxylic acids is 1. The van der Waals surface area contributed by atoms with Crippen molar-refractivity contribution in [2.24, 2.45) is 5.73 Å². The first-order valence-corrected chi connectivity index (χ1v) is 3.92. The summed E-state index contributed by atoms with van der Waals surface area (Å²) in [5.41, 5.74) is 5.59. The van der Waals surface area contributed by atoms with E-state index in [2.05, 4.69) is 27.5 Å². The van der Waals surface area contributed by atoms with Crippen molar-refractivity contribution in [1.82, 2.24) is 15.3 Å². The van der Waals surface area contributed by atoms with Crippen molar-refractivity contribution in [2.45, 2.75) is 0 Å². The van der Waals surface area contributed by atoms with Gasteiger partial charge in [-0.25, -0.2) is 9.97 Å². The van der Waals surface area contributed by atoms with Gasteiger partial charge in [0, 0.05) is 12.4 Å². The molecule has 0 saturated carbocycles. The van der Waals surface area contributed by atoms with Crippen LogP contribution in [0.5, 0.6) is 0 Å². The summed E-state index contributed by atoms with van der Waals surface area (Å²) >= 11 is 4.60. The molecule has 0 radical (unpaired) electrons. The number of nitrogens with zero attached hydrogens (tertiary/aromatic N) is 2. The Labute approximate surface area is 80.4 Å². The Morgan fingerprint density at radius 1 is 1.54 bits per heavy atom. The molecular formula is C7H8N4OS. The molecule has 1 amide bonds. The topological polar surface area (TPSA) is 80.9 Å². The van der Waals surface area contributed by atoms with Gasteiger partial charge in [0.1, 0.15) is 6.33 Å². The smallest absolute Gasteiger partial charge is 0.254 e. The van der Waals surface area contributed by atoms with E-state index in [0.29, 0.717) is 5.56 Å². The summed E-state index contributed by atoms with van der Waals surface area (Å²) in [6.45, 7) is 0.184. The lowest BCUT2D eigenvalue weighted by molar-refractivity contribution is 0.0958. The Kier molecular flexibility index (Phi) is 3.27. The molecule has 1 heterocycles. The van der Waals surface area contributed by atoms with E-state index >= 15 is 0 Å². The van der Waals surface area contributed by atoms with Crippen LogP contribution in [0.2, 0.25) is 0 Å². The van der Waals surface area contributed by atoms with Crippen molar-refractivity contribution in [1.29, 1.82) is 0 Å². The molecule has 0 saturated heterocycles. The summed E-state index contributed by atoms with van der Waals surface area (Å²) in [6, 6.07) is 0. The first-order chi connectivity index (χ1) is 6.20. The first kappa shape index (κ1) is 9.53. The highest BCUT2D eigenvalue weighted by atomic mass is 32.1. The van der Waals surface area contributed by atoms with E-state index in [-0.39, 0.29) is 17.4 Å². The maximum Gasteiger partial charge on any atom is 0.254 e. The van der Waals surface area contributed by atoms with Gasteiger partial charge in [-0.15, -0.1) is 0 Å². The van der Waals surface area contributed by atoms with E-state index in [1.165, 1.54) is 18.7 Å². The molecule has 0 aromatic carbocycles. The number of nitrogens with two attached hydrogens (primary N) is 1. The lowest BCUT2D eigenvalue weighted by Crippen LogP contribution is -2.32. The minimum absolute atomic E-state index is 0.184. The van der Waals surface area contributed by atoms with E-state index in [1.54, 1.807) is 0 Å². The number of amides is 1. The molecule has 0 atom stereocenters. The Morgan fingerprint density at radius 3 is 2.69 bits per heavy atom. The number of carbonyl (C=O) groups is 1. The Hall–Kier alpha value is -1.56. The third kappa shape index (κ3) is 3.12. The summed E-state index contributed by atoms with van der Waals surface area (Å²) in [4.78, 5) is 18.9. The van der Waals surface area contributed by atoms with Crippen molar-refractivity contribution in [2.75, 3.05) is 6.54 Å². The van der Waals surface area contributed by atoms with Crippen LogP contribution in [-0.4, -0.2) is 27.4 Å². The van der Waals surface area contributed by atoms with Crippen molar-refractivity contribution in [3.63, 3.8) is 0 Å². The van der Waals surface area contributed by atoms with Gasteiger partial charge in [0.15, 0.2) is 0 Å². The van der Waals surface area contributed by atoms with Gasteiger partial charge < -0.3 is 11.1 Å². The molecule has 0 fully saturated rings. The SMILES string of the molecule is NC(=S)CNC(=O)c1cncnc1. The van der Waals surface area contributed by atoms with Crippen LogP contribution in [0.25, 0.3) is 0 Å². The number of aromatic nitrogens is 2. The second-order valence-corrected chi connectivity index (χ2v) is 2.80. The first-order valence-electron chi connectivity index (χ1n) is 3.51. The van der Waals surface area contributed by atoms with E-state index in [1.807, 2.05) is 0 Å². The molecule has 0 spiro atoms. The van der Waals surface area contributed by atoms with Gasteiger partial charge in [-0.2, -0.15) is 0 Å². The largest absolute Gasteiger partial charge is 0.392 e. The van der Waals surface area contributed by atoms with Crippen LogP contribution < -0.4 is 11.1 Å². The second-order valence-electron chi connectivity index (χ2n) is 2.28. The fourth-order valence-electron chi connectivity index (χ4n) is 0.686. The molecule has 1 rings (SSSR count). The van der Waals surface area contributed by atoms with Crippen LogP contribution in [0.4, 0.5) is 0 Å². The molecule has 3 N–H and O–H groups in total. The number of hydrogen-bond acceptors (Lipinski definition) is 4. The predicted octanol–water partition coefficient (Wildman–Crippen LogP) is -0.508. The Bertz CT molecular complexity index is 314. The molecule has 1 aromatic heterocycles. The molecule has 5 nitrogen and oxygen atoms in total. The van der Waals surface area contributed by atoms with Gasteiger partial charge in [-0.3, -0.25) is 4.79 Å². The monoisotopic (exact) mass is 196 g/mol. The molecule has 0 aliphatic heterocycles. The summed E-state index contributed by atoms with van der Waals surface area (Å²) < 4.78 is 0. The second kappa shape index (κ2) is 4.46. The molecule has 0 aliphatic rings. The van der Waals surface area contributed by atoms with Gasteiger partial charge in [0.2, 0.25) is 0 Å². The molecule has 0 unspecified atom stereocenters. The molecule has 1 aromatic rings. The van der Waals surface area contributed by atoms with Crippen molar-refractivity contribution < 1.29 is 4.79 Å². The molecule has 13 heavy (non-hydrogen) atoms. The summed E-state index contributed by atoms with van der Waals surface area (Å²) in [5.74, 6) is -0.284.